The largest absolute Gasteiger partial charge is 0.493 e. The van der Waals surface area contributed by atoms with Crippen LogP contribution in [0, 0.1) is 5.82 Å². The third kappa shape index (κ3) is 8.86. The van der Waals surface area contributed by atoms with Crippen molar-refractivity contribution in [2.24, 2.45) is 0 Å². The van der Waals surface area contributed by atoms with E-state index in [1.54, 1.807) is 0 Å². The number of hydrogen-bond donors (Lipinski definition) is 2. The SMILES string of the molecule is C=C(CCNC=O)NC(=O)COc1ccc(Cl)c(F)c1.Clc1ccc2c(c1)CCCO2. The first-order valence-electron chi connectivity index (χ1n) is 9.52. The molecule has 0 atom stereocenters. The Morgan fingerprint density at radius 3 is 2.81 bits per heavy atom. The molecule has 9 heteroatoms. The summed E-state index contributed by atoms with van der Waals surface area (Å²) in [4.78, 5) is 21.5. The quantitative estimate of drug-likeness (QED) is 0.447. The Morgan fingerprint density at radius 2 is 2.06 bits per heavy atom. The fourth-order valence-electron chi connectivity index (χ4n) is 2.62. The topological polar surface area (TPSA) is 76.7 Å². The first-order valence-corrected chi connectivity index (χ1v) is 10.3. The van der Waals surface area contributed by atoms with E-state index in [9.17, 15) is 14.0 Å². The van der Waals surface area contributed by atoms with E-state index in [1.807, 2.05) is 18.2 Å². The van der Waals surface area contributed by atoms with Crippen molar-refractivity contribution in [3.05, 3.63) is 70.1 Å². The second kappa shape index (κ2) is 12.8. The minimum Gasteiger partial charge on any atom is -0.493 e. The lowest BCUT2D eigenvalue weighted by Crippen LogP contribution is -2.29. The Balaban J connectivity index is 0.000000258. The average molecular weight is 469 g/mol. The highest BCUT2D eigenvalue weighted by Crippen LogP contribution is 2.27. The minimum absolute atomic E-state index is 0.0159. The number of aryl methyl sites for hydroxylation is 1. The van der Waals surface area contributed by atoms with Gasteiger partial charge in [-0.3, -0.25) is 9.59 Å². The number of fused-ring (bicyclic) bond motifs is 1. The second-order valence-corrected chi connectivity index (χ2v) is 7.39. The fraction of sp³-hybridized carbons (Fsp3) is 0.273. The number of hydrogen-bond acceptors (Lipinski definition) is 4. The zero-order valence-corrected chi connectivity index (χ0v) is 18.3. The number of carbonyl (C=O) groups is 2. The zero-order chi connectivity index (χ0) is 22.6. The number of benzene rings is 2. The van der Waals surface area contributed by atoms with E-state index < -0.39 is 11.7 Å². The molecule has 0 aliphatic carbocycles. The molecule has 1 aliphatic rings. The summed E-state index contributed by atoms with van der Waals surface area (Å²) >= 11 is 11.3. The van der Waals surface area contributed by atoms with Gasteiger partial charge in [0.05, 0.1) is 11.6 Å². The lowest BCUT2D eigenvalue weighted by atomic mass is 10.1. The Kier molecular flexibility index (Phi) is 10.1. The van der Waals surface area contributed by atoms with Gasteiger partial charge in [-0.2, -0.15) is 0 Å². The summed E-state index contributed by atoms with van der Waals surface area (Å²) in [5, 5.41) is 5.73. The summed E-state index contributed by atoms with van der Waals surface area (Å²) < 4.78 is 23.7. The first-order chi connectivity index (χ1) is 14.9. The van der Waals surface area contributed by atoms with Crippen LogP contribution in [0.4, 0.5) is 4.39 Å². The lowest BCUT2D eigenvalue weighted by molar-refractivity contribution is -0.122. The van der Waals surface area contributed by atoms with Crippen LogP contribution in [-0.4, -0.2) is 32.1 Å². The average Bonchev–Trinajstić information content (AvgIpc) is 2.75. The molecule has 2 N–H and O–H groups in total. The van der Waals surface area contributed by atoms with E-state index in [1.165, 1.54) is 17.7 Å². The second-order valence-electron chi connectivity index (χ2n) is 6.54. The summed E-state index contributed by atoms with van der Waals surface area (Å²) in [6.45, 7) is 4.57. The molecule has 2 aromatic rings. The van der Waals surface area contributed by atoms with Crippen LogP contribution < -0.4 is 20.1 Å². The van der Waals surface area contributed by atoms with Gasteiger partial charge in [-0.25, -0.2) is 4.39 Å². The molecule has 0 aromatic heterocycles. The summed E-state index contributed by atoms with van der Waals surface area (Å²) in [7, 11) is 0. The van der Waals surface area contributed by atoms with Crippen LogP contribution in [0.25, 0.3) is 0 Å². The predicted octanol–water partition coefficient (Wildman–Crippen LogP) is 4.29. The highest BCUT2D eigenvalue weighted by atomic mass is 35.5. The molecule has 1 aliphatic heterocycles. The molecule has 31 heavy (non-hydrogen) atoms. The van der Waals surface area contributed by atoms with Crippen LogP contribution in [-0.2, 0) is 16.0 Å². The molecule has 0 bridgehead atoms. The lowest BCUT2D eigenvalue weighted by Gasteiger charge is -2.16. The third-order valence-corrected chi connectivity index (χ3v) is 4.64. The Morgan fingerprint density at radius 1 is 1.26 bits per heavy atom. The van der Waals surface area contributed by atoms with E-state index in [0.717, 1.165) is 36.3 Å². The first kappa shape index (κ1) is 24.5. The van der Waals surface area contributed by atoms with E-state index in [4.69, 9.17) is 32.7 Å². The van der Waals surface area contributed by atoms with Gasteiger partial charge in [-0.15, -0.1) is 0 Å². The number of nitrogens with one attached hydrogen (secondary N) is 2. The van der Waals surface area contributed by atoms with Gasteiger partial charge in [-0.1, -0.05) is 29.8 Å². The highest BCUT2D eigenvalue weighted by molar-refractivity contribution is 6.31. The normalized spacial score (nSPS) is 11.7. The predicted molar refractivity (Wildman–Crippen MR) is 118 cm³/mol. The van der Waals surface area contributed by atoms with Crippen molar-refractivity contribution < 1.29 is 23.5 Å². The molecule has 1 heterocycles. The maximum Gasteiger partial charge on any atom is 0.262 e. The molecule has 0 saturated carbocycles. The van der Waals surface area contributed by atoms with Gasteiger partial charge in [0, 0.05) is 29.8 Å². The van der Waals surface area contributed by atoms with Crippen molar-refractivity contribution in [1.82, 2.24) is 10.6 Å². The van der Waals surface area contributed by atoms with Crippen molar-refractivity contribution in [3.8, 4) is 11.5 Å². The Bertz CT molecular complexity index is 924. The van der Waals surface area contributed by atoms with Crippen molar-refractivity contribution in [3.63, 3.8) is 0 Å². The van der Waals surface area contributed by atoms with Crippen LogP contribution in [0.1, 0.15) is 18.4 Å². The summed E-state index contributed by atoms with van der Waals surface area (Å²) in [6.07, 6.45) is 3.18. The van der Waals surface area contributed by atoms with Gasteiger partial charge in [0.2, 0.25) is 6.41 Å². The smallest absolute Gasteiger partial charge is 0.262 e. The molecule has 0 saturated heterocycles. The van der Waals surface area contributed by atoms with Gasteiger partial charge >= 0.3 is 0 Å². The van der Waals surface area contributed by atoms with E-state index >= 15 is 0 Å². The van der Waals surface area contributed by atoms with Crippen LogP contribution >= 0.6 is 23.2 Å². The van der Waals surface area contributed by atoms with Gasteiger partial charge in [0.1, 0.15) is 17.3 Å². The van der Waals surface area contributed by atoms with Gasteiger partial charge in [-0.05, 0) is 48.7 Å². The molecule has 0 fully saturated rings. The molecule has 6 nitrogen and oxygen atoms in total. The molecule has 2 aromatic carbocycles. The zero-order valence-electron chi connectivity index (χ0n) is 16.8. The van der Waals surface area contributed by atoms with Gasteiger partial charge in [0.15, 0.2) is 6.61 Å². The van der Waals surface area contributed by atoms with Gasteiger partial charge < -0.3 is 20.1 Å². The summed E-state index contributed by atoms with van der Waals surface area (Å²) in [6, 6.07) is 9.69. The van der Waals surface area contributed by atoms with Crippen LogP contribution in [0.2, 0.25) is 10.0 Å². The molecule has 2 amide bonds. The maximum absolute atomic E-state index is 13.1. The number of rotatable bonds is 8. The van der Waals surface area contributed by atoms with Crippen molar-refractivity contribution in [2.45, 2.75) is 19.3 Å². The van der Waals surface area contributed by atoms with Gasteiger partial charge in [0.25, 0.3) is 5.91 Å². The van der Waals surface area contributed by atoms with Crippen LogP contribution in [0.3, 0.4) is 0 Å². The number of ether oxygens (including phenoxy) is 2. The number of carbonyl (C=O) groups excluding carboxylic acids is 2. The molecular formula is C22H23Cl2FN2O4. The number of amides is 2. The molecule has 3 rings (SSSR count). The summed E-state index contributed by atoms with van der Waals surface area (Å²) in [5.74, 6) is 0.168. The molecule has 0 radical (unpaired) electrons. The minimum atomic E-state index is -0.617. The van der Waals surface area contributed by atoms with Crippen molar-refractivity contribution in [2.75, 3.05) is 19.8 Å². The van der Waals surface area contributed by atoms with E-state index in [-0.39, 0.29) is 17.4 Å². The molecular weight excluding hydrogens is 446 g/mol. The maximum atomic E-state index is 13.1. The third-order valence-electron chi connectivity index (χ3n) is 4.10. The highest BCUT2D eigenvalue weighted by Gasteiger charge is 2.09. The standard InChI is InChI=1S/C13H14ClFN2O3.C9H9ClO/c1-9(4-5-16-8-18)17-13(19)7-20-10-2-3-11(14)12(15)6-10;10-8-3-4-9-7(6-8)2-1-5-11-9/h2-3,6,8H,1,4-5,7H2,(H,16,18)(H,17,19);3-4,6H,1-2,5H2. The summed E-state index contributed by atoms with van der Waals surface area (Å²) in [5.41, 5.74) is 1.69. The molecule has 166 valence electrons. The monoisotopic (exact) mass is 468 g/mol. The fourth-order valence-corrected chi connectivity index (χ4v) is 2.93. The van der Waals surface area contributed by atoms with Crippen LogP contribution in [0.5, 0.6) is 11.5 Å². The Labute approximate surface area is 190 Å². The number of halogens is 3. The van der Waals surface area contributed by atoms with Crippen molar-refractivity contribution in [1.29, 1.82) is 0 Å². The van der Waals surface area contributed by atoms with E-state index in [2.05, 4.69) is 17.2 Å². The molecule has 0 spiro atoms. The van der Waals surface area contributed by atoms with E-state index in [0.29, 0.717) is 25.1 Å². The van der Waals surface area contributed by atoms with Crippen molar-refractivity contribution >= 4 is 35.5 Å². The molecule has 0 unspecified atom stereocenters. The van der Waals surface area contributed by atoms with Crippen LogP contribution in [0.15, 0.2) is 48.7 Å². The Hall–Kier alpha value is -2.77.